The Morgan fingerprint density at radius 1 is 1.31 bits per heavy atom. The van der Waals surface area contributed by atoms with Gasteiger partial charge < -0.3 is 10.2 Å². The smallest absolute Gasteiger partial charge is 0.150 e. The summed E-state index contributed by atoms with van der Waals surface area (Å²) in [7, 11) is 0. The van der Waals surface area contributed by atoms with Crippen molar-refractivity contribution in [3.05, 3.63) is 34.3 Å². The first-order valence-electron chi connectivity index (χ1n) is 4.76. The van der Waals surface area contributed by atoms with E-state index >= 15 is 0 Å². The van der Waals surface area contributed by atoms with E-state index in [1.165, 1.54) is 18.2 Å². The fourth-order valence-corrected chi connectivity index (χ4v) is 1.84. The van der Waals surface area contributed by atoms with E-state index < -0.39 is 12.2 Å². The second-order valence-corrected chi connectivity index (χ2v) is 4.24. The Kier molecular flexibility index (Phi) is 5.22. The molecule has 0 aliphatic rings. The van der Waals surface area contributed by atoms with Crippen LogP contribution in [0.4, 0.5) is 0 Å². The average molecular weight is 263 g/mol. The first-order chi connectivity index (χ1) is 7.58. The van der Waals surface area contributed by atoms with Crippen molar-refractivity contribution in [2.45, 2.75) is 18.6 Å². The van der Waals surface area contributed by atoms with Gasteiger partial charge in [-0.2, -0.15) is 0 Å². The highest BCUT2D eigenvalue weighted by Gasteiger charge is 2.18. The van der Waals surface area contributed by atoms with Gasteiger partial charge in [-0.3, -0.25) is 4.79 Å². The molecule has 0 saturated heterocycles. The van der Waals surface area contributed by atoms with Gasteiger partial charge in [0.05, 0.1) is 6.10 Å². The molecule has 0 aliphatic heterocycles. The lowest BCUT2D eigenvalue weighted by Crippen LogP contribution is -2.18. The van der Waals surface area contributed by atoms with Gasteiger partial charge in [0.1, 0.15) is 12.4 Å². The summed E-state index contributed by atoms with van der Waals surface area (Å²) >= 11 is 11.2. The number of aldehydes is 1. The van der Waals surface area contributed by atoms with Crippen molar-refractivity contribution in [3.63, 3.8) is 0 Å². The number of rotatable bonds is 5. The van der Waals surface area contributed by atoms with Crippen LogP contribution in [0.3, 0.4) is 0 Å². The van der Waals surface area contributed by atoms with Crippen molar-refractivity contribution in [3.8, 4) is 0 Å². The molecule has 0 fully saturated rings. The molecule has 1 aromatic rings. The van der Waals surface area contributed by atoms with E-state index in [9.17, 15) is 15.0 Å². The predicted octanol–water partition coefficient (Wildman–Crippen LogP) is 2.18. The summed E-state index contributed by atoms with van der Waals surface area (Å²) in [4.78, 5) is 10.6. The number of benzene rings is 1. The molecular formula is C11H12Cl2O3. The highest BCUT2D eigenvalue weighted by molar-refractivity contribution is 6.30. The van der Waals surface area contributed by atoms with E-state index in [4.69, 9.17) is 23.2 Å². The molecule has 0 heterocycles. The molecule has 0 saturated carbocycles. The minimum atomic E-state index is -1.09. The summed E-state index contributed by atoms with van der Waals surface area (Å²) in [6.45, 7) is 0. The highest BCUT2D eigenvalue weighted by Crippen LogP contribution is 2.23. The molecule has 1 rings (SSSR count). The Bertz CT molecular complexity index is 368. The van der Waals surface area contributed by atoms with Crippen LogP contribution in [-0.2, 0) is 0 Å². The summed E-state index contributed by atoms with van der Waals surface area (Å²) in [6, 6.07) is 4.48. The zero-order valence-electron chi connectivity index (χ0n) is 8.44. The molecule has 2 unspecified atom stereocenters. The summed E-state index contributed by atoms with van der Waals surface area (Å²) in [6.07, 6.45) is -1.14. The van der Waals surface area contributed by atoms with E-state index in [1.807, 2.05) is 0 Å². The first kappa shape index (κ1) is 13.5. The molecule has 1 aromatic carbocycles. The van der Waals surface area contributed by atoms with Gasteiger partial charge in [0.15, 0.2) is 0 Å². The first-order valence-corrected chi connectivity index (χ1v) is 5.67. The van der Waals surface area contributed by atoms with E-state index in [1.54, 1.807) is 0 Å². The van der Waals surface area contributed by atoms with Gasteiger partial charge in [0.2, 0.25) is 0 Å². The van der Waals surface area contributed by atoms with Crippen LogP contribution in [0.15, 0.2) is 18.2 Å². The lowest BCUT2D eigenvalue weighted by atomic mass is 10.0. The molecular weight excluding hydrogens is 251 g/mol. The van der Waals surface area contributed by atoms with Crippen LogP contribution in [0.2, 0.25) is 5.02 Å². The molecule has 0 aliphatic carbocycles. The minimum absolute atomic E-state index is 0.249. The van der Waals surface area contributed by atoms with E-state index in [-0.39, 0.29) is 12.3 Å². The Morgan fingerprint density at radius 3 is 2.56 bits per heavy atom. The second kappa shape index (κ2) is 6.21. The van der Waals surface area contributed by atoms with Gasteiger partial charge in [-0.15, -0.1) is 11.6 Å². The number of hydrogen-bond donors (Lipinski definition) is 2. The Hall–Kier alpha value is -0.610. The molecule has 3 nitrogen and oxygen atoms in total. The third-order valence-electron chi connectivity index (χ3n) is 2.19. The second-order valence-electron chi connectivity index (χ2n) is 3.43. The fourth-order valence-electron chi connectivity index (χ4n) is 1.37. The van der Waals surface area contributed by atoms with Crippen molar-refractivity contribution in [2.75, 3.05) is 5.88 Å². The van der Waals surface area contributed by atoms with Gasteiger partial charge in [0, 0.05) is 16.5 Å². The minimum Gasteiger partial charge on any atom is -0.390 e. The predicted molar refractivity (Wildman–Crippen MR) is 63.1 cm³/mol. The van der Waals surface area contributed by atoms with Crippen molar-refractivity contribution in [1.29, 1.82) is 0 Å². The third-order valence-corrected chi connectivity index (χ3v) is 2.63. The number of aliphatic hydroxyl groups excluding tert-OH is 2. The maximum Gasteiger partial charge on any atom is 0.150 e. The van der Waals surface area contributed by atoms with E-state index in [0.29, 0.717) is 22.4 Å². The van der Waals surface area contributed by atoms with Gasteiger partial charge >= 0.3 is 0 Å². The molecule has 16 heavy (non-hydrogen) atoms. The monoisotopic (exact) mass is 262 g/mol. The molecule has 0 radical (unpaired) electrons. The zero-order valence-corrected chi connectivity index (χ0v) is 9.95. The summed E-state index contributed by atoms with van der Waals surface area (Å²) in [5, 5.41) is 19.7. The maximum absolute atomic E-state index is 10.6. The quantitative estimate of drug-likeness (QED) is 0.632. The van der Waals surface area contributed by atoms with Crippen molar-refractivity contribution in [1.82, 2.24) is 0 Å². The number of aliphatic hydroxyl groups is 2. The lowest BCUT2D eigenvalue weighted by molar-refractivity contribution is 0.0170. The van der Waals surface area contributed by atoms with Crippen LogP contribution in [0.5, 0.6) is 0 Å². The van der Waals surface area contributed by atoms with E-state index in [2.05, 4.69) is 0 Å². The van der Waals surface area contributed by atoms with Gasteiger partial charge in [-0.1, -0.05) is 11.6 Å². The summed E-state index contributed by atoms with van der Waals surface area (Å²) in [5.41, 5.74) is 0.770. The fraction of sp³-hybridized carbons (Fsp3) is 0.364. The molecule has 2 N–H and O–H groups in total. The topological polar surface area (TPSA) is 57.5 Å². The van der Waals surface area contributed by atoms with Gasteiger partial charge in [-0.25, -0.2) is 0 Å². The van der Waals surface area contributed by atoms with Crippen molar-refractivity contribution < 1.29 is 15.0 Å². The number of alkyl halides is 1. The van der Waals surface area contributed by atoms with Crippen LogP contribution in [0, 0.1) is 0 Å². The molecule has 0 bridgehead atoms. The van der Waals surface area contributed by atoms with Crippen molar-refractivity contribution >= 4 is 29.5 Å². The number of carbonyl (C=O) groups excluding carboxylic acids is 1. The molecule has 2 atom stereocenters. The van der Waals surface area contributed by atoms with Crippen LogP contribution < -0.4 is 0 Å². The Morgan fingerprint density at radius 2 is 2.00 bits per heavy atom. The number of hydrogen-bond acceptors (Lipinski definition) is 3. The largest absolute Gasteiger partial charge is 0.390 e. The summed E-state index contributed by atoms with van der Waals surface area (Å²) < 4.78 is 0. The zero-order chi connectivity index (χ0) is 12.1. The van der Waals surface area contributed by atoms with E-state index in [0.717, 1.165) is 0 Å². The Balaban J connectivity index is 2.93. The molecule has 88 valence electrons. The molecule has 0 aromatic heterocycles. The standard InChI is InChI=1S/C11H12Cl2O3/c12-2-1-10(15)11(16)8-3-7(6-14)4-9(13)5-8/h3-6,10-11,15-16H,1-2H2. The molecule has 0 amide bonds. The molecule has 0 spiro atoms. The Labute approximate surface area is 104 Å². The SMILES string of the molecule is O=Cc1cc(Cl)cc(C(O)C(O)CCCl)c1. The maximum atomic E-state index is 10.6. The highest BCUT2D eigenvalue weighted by atomic mass is 35.5. The van der Waals surface area contributed by atoms with Crippen molar-refractivity contribution in [2.24, 2.45) is 0 Å². The van der Waals surface area contributed by atoms with Crippen LogP contribution in [0.25, 0.3) is 0 Å². The molecule has 5 heteroatoms. The van der Waals surface area contributed by atoms with Crippen LogP contribution in [-0.4, -0.2) is 28.5 Å². The number of halogens is 2. The summed E-state index contributed by atoms with van der Waals surface area (Å²) in [5.74, 6) is 0.249. The normalized spacial score (nSPS) is 14.5. The van der Waals surface area contributed by atoms with Crippen LogP contribution in [0.1, 0.15) is 28.4 Å². The third kappa shape index (κ3) is 3.46. The number of carbonyl (C=O) groups is 1. The van der Waals surface area contributed by atoms with Crippen LogP contribution >= 0.6 is 23.2 Å². The average Bonchev–Trinajstić information content (AvgIpc) is 2.27. The van der Waals surface area contributed by atoms with Gasteiger partial charge in [-0.05, 0) is 30.2 Å². The lowest BCUT2D eigenvalue weighted by Gasteiger charge is -2.17. The van der Waals surface area contributed by atoms with Gasteiger partial charge in [0.25, 0.3) is 0 Å².